The SMILES string of the molecule is C=CCn1c(=NC(=O)c2cccc(F)c2)sc2cc3c(cc21)OCO3. The molecule has 5 nitrogen and oxygen atoms in total. The van der Waals surface area contributed by atoms with E-state index in [1.54, 1.807) is 6.08 Å². The highest BCUT2D eigenvalue weighted by atomic mass is 32.1. The van der Waals surface area contributed by atoms with Gasteiger partial charge in [-0.05, 0) is 18.2 Å². The Morgan fingerprint density at radius 2 is 2.12 bits per heavy atom. The van der Waals surface area contributed by atoms with E-state index in [0.717, 1.165) is 10.2 Å². The number of fused-ring (bicyclic) bond motifs is 2. The maximum absolute atomic E-state index is 13.3. The molecule has 0 unspecified atom stereocenters. The number of carbonyl (C=O) groups excluding carboxylic acids is 1. The molecule has 2 aromatic carbocycles. The largest absolute Gasteiger partial charge is 0.454 e. The smallest absolute Gasteiger partial charge is 0.279 e. The van der Waals surface area contributed by atoms with Crippen molar-refractivity contribution in [2.24, 2.45) is 4.99 Å². The highest BCUT2D eigenvalue weighted by Crippen LogP contribution is 2.36. The first-order chi connectivity index (χ1) is 12.2. The van der Waals surface area contributed by atoms with E-state index in [4.69, 9.17) is 9.47 Å². The quantitative estimate of drug-likeness (QED) is 0.675. The molecule has 0 bridgehead atoms. The van der Waals surface area contributed by atoms with Crippen molar-refractivity contribution in [1.82, 2.24) is 4.57 Å². The fraction of sp³-hybridized carbons (Fsp3) is 0.111. The summed E-state index contributed by atoms with van der Waals surface area (Å²) in [7, 11) is 0. The lowest BCUT2D eigenvalue weighted by molar-refractivity contribution is 0.0997. The Kier molecular flexibility index (Phi) is 3.85. The molecule has 4 rings (SSSR count). The van der Waals surface area contributed by atoms with E-state index in [0.29, 0.717) is 22.8 Å². The molecular formula is C18H13FN2O3S. The predicted molar refractivity (Wildman–Crippen MR) is 92.4 cm³/mol. The van der Waals surface area contributed by atoms with E-state index < -0.39 is 11.7 Å². The number of amides is 1. The number of thiazole rings is 1. The standard InChI is InChI=1S/C18H13FN2O3S/c1-2-6-21-13-8-14-15(24-10-23-14)9-16(13)25-18(21)20-17(22)11-4-3-5-12(19)7-11/h2-5,7-9H,1,6,10H2. The van der Waals surface area contributed by atoms with Crippen molar-refractivity contribution in [2.45, 2.75) is 6.54 Å². The molecule has 0 radical (unpaired) electrons. The minimum absolute atomic E-state index is 0.198. The van der Waals surface area contributed by atoms with E-state index in [1.165, 1.54) is 35.6 Å². The van der Waals surface area contributed by atoms with Crippen LogP contribution in [0, 0.1) is 5.82 Å². The molecule has 1 aliphatic heterocycles. The van der Waals surface area contributed by atoms with Gasteiger partial charge in [0, 0.05) is 24.2 Å². The molecule has 0 spiro atoms. The molecule has 0 atom stereocenters. The van der Waals surface area contributed by atoms with Crippen molar-refractivity contribution < 1.29 is 18.7 Å². The summed E-state index contributed by atoms with van der Waals surface area (Å²) in [4.78, 5) is 17.1. The summed E-state index contributed by atoms with van der Waals surface area (Å²) < 4.78 is 26.9. The molecule has 126 valence electrons. The van der Waals surface area contributed by atoms with Crippen LogP contribution in [-0.2, 0) is 6.54 Å². The average molecular weight is 356 g/mol. The fourth-order valence-electron chi connectivity index (χ4n) is 2.62. The van der Waals surface area contributed by atoms with Gasteiger partial charge in [-0.3, -0.25) is 4.79 Å². The zero-order chi connectivity index (χ0) is 17.4. The molecule has 3 aromatic rings. The Hall–Kier alpha value is -2.93. The van der Waals surface area contributed by atoms with Crippen molar-refractivity contribution >= 4 is 27.5 Å². The molecule has 25 heavy (non-hydrogen) atoms. The average Bonchev–Trinajstić information content (AvgIpc) is 3.18. The Labute approximate surface area is 146 Å². The first-order valence-corrected chi connectivity index (χ1v) is 8.36. The molecule has 2 heterocycles. The van der Waals surface area contributed by atoms with E-state index in [2.05, 4.69) is 11.6 Å². The number of aromatic nitrogens is 1. The third-order valence-corrected chi connectivity index (χ3v) is 4.80. The van der Waals surface area contributed by atoms with Crippen molar-refractivity contribution in [2.75, 3.05) is 6.79 Å². The van der Waals surface area contributed by atoms with E-state index in [-0.39, 0.29) is 12.4 Å². The Bertz CT molecular complexity index is 1070. The van der Waals surface area contributed by atoms with Gasteiger partial charge in [-0.1, -0.05) is 23.5 Å². The number of ether oxygens (including phenoxy) is 2. The summed E-state index contributed by atoms with van der Waals surface area (Å²) in [6.07, 6.45) is 1.72. The van der Waals surface area contributed by atoms with Crippen LogP contribution >= 0.6 is 11.3 Å². The first-order valence-electron chi connectivity index (χ1n) is 7.54. The lowest BCUT2D eigenvalue weighted by Gasteiger charge is -2.02. The van der Waals surface area contributed by atoms with Crippen LogP contribution in [0.25, 0.3) is 10.2 Å². The summed E-state index contributed by atoms with van der Waals surface area (Å²) in [6.45, 7) is 4.44. The third-order valence-electron chi connectivity index (χ3n) is 3.76. The molecule has 1 amide bonds. The second kappa shape index (κ2) is 6.18. The summed E-state index contributed by atoms with van der Waals surface area (Å²) in [5, 5.41) is 0. The third kappa shape index (κ3) is 2.83. The second-order valence-electron chi connectivity index (χ2n) is 5.38. The molecule has 0 saturated carbocycles. The summed E-state index contributed by atoms with van der Waals surface area (Å²) >= 11 is 1.36. The Morgan fingerprint density at radius 3 is 2.88 bits per heavy atom. The van der Waals surface area contributed by atoms with Gasteiger partial charge < -0.3 is 14.0 Å². The number of rotatable bonds is 3. The summed E-state index contributed by atoms with van der Waals surface area (Å²) in [5.41, 5.74) is 1.08. The predicted octanol–water partition coefficient (Wildman–Crippen LogP) is 3.50. The van der Waals surface area contributed by atoms with Gasteiger partial charge in [0.25, 0.3) is 5.91 Å². The van der Waals surface area contributed by atoms with Gasteiger partial charge in [0.2, 0.25) is 6.79 Å². The maximum atomic E-state index is 13.3. The number of benzene rings is 2. The summed E-state index contributed by atoms with van der Waals surface area (Å²) in [5.74, 6) is 0.361. The maximum Gasteiger partial charge on any atom is 0.279 e. The Morgan fingerprint density at radius 1 is 1.32 bits per heavy atom. The molecule has 1 aliphatic rings. The first kappa shape index (κ1) is 15.6. The van der Waals surface area contributed by atoms with Crippen LogP contribution in [0.4, 0.5) is 4.39 Å². The normalized spacial score (nSPS) is 13.4. The number of halogens is 1. The number of hydrogen-bond donors (Lipinski definition) is 0. The van der Waals surface area contributed by atoms with Crippen molar-refractivity contribution in [3.05, 3.63) is 65.2 Å². The lowest BCUT2D eigenvalue weighted by atomic mass is 10.2. The number of allylic oxidation sites excluding steroid dienone is 1. The van der Waals surface area contributed by atoms with Gasteiger partial charge >= 0.3 is 0 Å². The van der Waals surface area contributed by atoms with Crippen LogP contribution in [0.1, 0.15) is 10.4 Å². The van der Waals surface area contributed by atoms with Gasteiger partial charge in [0.15, 0.2) is 16.3 Å². The number of nitrogens with zero attached hydrogens (tertiary/aromatic N) is 2. The van der Waals surface area contributed by atoms with Crippen molar-refractivity contribution in [3.8, 4) is 11.5 Å². The van der Waals surface area contributed by atoms with Gasteiger partial charge in [-0.2, -0.15) is 4.99 Å². The van der Waals surface area contributed by atoms with E-state index in [9.17, 15) is 9.18 Å². The molecule has 0 saturated heterocycles. The van der Waals surface area contributed by atoms with Crippen LogP contribution in [0.3, 0.4) is 0 Å². The van der Waals surface area contributed by atoms with Crippen molar-refractivity contribution in [3.63, 3.8) is 0 Å². The monoisotopic (exact) mass is 356 g/mol. The van der Waals surface area contributed by atoms with E-state index in [1.807, 2.05) is 16.7 Å². The van der Waals surface area contributed by atoms with Gasteiger partial charge in [0.05, 0.1) is 10.2 Å². The fourth-order valence-corrected chi connectivity index (χ4v) is 3.67. The number of carbonyl (C=O) groups is 1. The minimum Gasteiger partial charge on any atom is -0.454 e. The molecule has 0 aliphatic carbocycles. The molecular weight excluding hydrogens is 343 g/mol. The van der Waals surface area contributed by atoms with Crippen molar-refractivity contribution in [1.29, 1.82) is 0 Å². The molecule has 0 fully saturated rings. The van der Waals surface area contributed by atoms with Crippen LogP contribution in [-0.4, -0.2) is 17.3 Å². The zero-order valence-corrected chi connectivity index (χ0v) is 13.9. The molecule has 0 N–H and O–H groups in total. The zero-order valence-electron chi connectivity index (χ0n) is 13.1. The number of hydrogen-bond acceptors (Lipinski definition) is 4. The van der Waals surface area contributed by atoms with Crippen LogP contribution in [0.2, 0.25) is 0 Å². The summed E-state index contributed by atoms with van der Waals surface area (Å²) in [6, 6.07) is 9.22. The van der Waals surface area contributed by atoms with Crippen LogP contribution in [0.5, 0.6) is 11.5 Å². The van der Waals surface area contributed by atoms with Crippen LogP contribution < -0.4 is 14.3 Å². The topological polar surface area (TPSA) is 52.8 Å². The van der Waals surface area contributed by atoms with E-state index >= 15 is 0 Å². The van der Waals surface area contributed by atoms with Gasteiger partial charge in [-0.15, -0.1) is 6.58 Å². The van der Waals surface area contributed by atoms with Gasteiger partial charge in [0.1, 0.15) is 5.82 Å². The lowest BCUT2D eigenvalue weighted by Crippen LogP contribution is -2.16. The van der Waals surface area contributed by atoms with Crippen LogP contribution in [0.15, 0.2) is 54.0 Å². The Balaban J connectivity index is 1.87. The highest BCUT2D eigenvalue weighted by Gasteiger charge is 2.17. The second-order valence-corrected chi connectivity index (χ2v) is 6.39. The molecule has 7 heteroatoms. The molecule has 1 aromatic heterocycles. The van der Waals surface area contributed by atoms with Gasteiger partial charge in [-0.25, -0.2) is 4.39 Å². The minimum atomic E-state index is -0.496. The highest BCUT2D eigenvalue weighted by molar-refractivity contribution is 7.16.